The van der Waals surface area contributed by atoms with Crippen molar-refractivity contribution in [2.75, 3.05) is 10.8 Å². The van der Waals surface area contributed by atoms with Gasteiger partial charge in [0.25, 0.3) is 10.0 Å². The van der Waals surface area contributed by atoms with Gasteiger partial charge in [-0.25, -0.2) is 17.7 Å². The summed E-state index contributed by atoms with van der Waals surface area (Å²) in [7, 11) is -3.56. The summed E-state index contributed by atoms with van der Waals surface area (Å²) in [6, 6.07) is 16.6. The Balaban J connectivity index is 1.86. The van der Waals surface area contributed by atoms with Crippen molar-refractivity contribution in [3.05, 3.63) is 65.7 Å². The molecular weight excluding hydrogens is 308 g/mol. The Kier molecular flexibility index (Phi) is 3.13. The zero-order chi connectivity index (χ0) is 16.0. The van der Waals surface area contributed by atoms with Gasteiger partial charge in [0.05, 0.1) is 10.4 Å². The van der Waals surface area contributed by atoms with E-state index in [1.807, 2.05) is 25.1 Å². The van der Waals surface area contributed by atoms with E-state index in [-0.39, 0.29) is 0 Å². The Morgan fingerprint density at radius 3 is 2.61 bits per heavy atom. The molecule has 3 aromatic rings. The van der Waals surface area contributed by atoms with Gasteiger partial charge in [0, 0.05) is 11.9 Å². The summed E-state index contributed by atoms with van der Waals surface area (Å²) in [5.74, 6) is 0.560. The fourth-order valence-corrected chi connectivity index (χ4v) is 4.48. The van der Waals surface area contributed by atoms with Gasteiger partial charge < -0.3 is 0 Å². The lowest BCUT2D eigenvalue weighted by atomic mass is 10.1. The highest BCUT2D eigenvalue weighted by molar-refractivity contribution is 7.92. The van der Waals surface area contributed by atoms with Crippen molar-refractivity contribution in [1.29, 1.82) is 0 Å². The average Bonchev–Trinajstić information content (AvgIpc) is 2.97. The maximum Gasteiger partial charge on any atom is 0.265 e. The van der Waals surface area contributed by atoms with E-state index in [2.05, 4.69) is 17.1 Å². The molecule has 5 heteroatoms. The molecule has 1 aromatic heterocycles. The molecule has 2 aromatic carbocycles. The van der Waals surface area contributed by atoms with Crippen LogP contribution in [0.3, 0.4) is 0 Å². The van der Waals surface area contributed by atoms with Gasteiger partial charge in [-0.05, 0) is 49.2 Å². The highest BCUT2D eigenvalue weighted by Crippen LogP contribution is 2.33. The standard InChI is InChI=1S/C18H16N2O2S/c1-13-7-8-17-15(11-13)12-14-9-10-20(18(14)19-17)23(21,22)16-5-3-2-4-6-16/h2-8,11-12H,9-10H2,1H3. The number of hydrogen-bond acceptors (Lipinski definition) is 3. The van der Waals surface area contributed by atoms with Crippen molar-refractivity contribution in [2.24, 2.45) is 0 Å². The van der Waals surface area contributed by atoms with Crippen LogP contribution < -0.4 is 4.31 Å². The van der Waals surface area contributed by atoms with E-state index in [1.54, 1.807) is 24.3 Å². The smallest absolute Gasteiger partial charge is 0.249 e. The second kappa shape index (κ2) is 5.06. The molecule has 0 unspecified atom stereocenters. The minimum atomic E-state index is -3.56. The third kappa shape index (κ3) is 2.28. The number of sulfonamides is 1. The van der Waals surface area contributed by atoms with Gasteiger partial charge in [-0.2, -0.15) is 0 Å². The molecule has 0 saturated heterocycles. The van der Waals surface area contributed by atoms with Gasteiger partial charge >= 0.3 is 0 Å². The van der Waals surface area contributed by atoms with Crippen molar-refractivity contribution in [3.8, 4) is 0 Å². The molecule has 23 heavy (non-hydrogen) atoms. The van der Waals surface area contributed by atoms with Gasteiger partial charge in [-0.1, -0.05) is 29.8 Å². The van der Waals surface area contributed by atoms with Gasteiger partial charge in [-0.3, -0.25) is 0 Å². The molecule has 0 radical (unpaired) electrons. The van der Waals surface area contributed by atoms with Gasteiger partial charge in [0.1, 0.15) is 5.82 Å². The van der Waals surface area contributed by atoms with E-state index in [4.69, 9.17) is 0 Å². The number of rotatable bonds is 2. The van der Waals surface area contributed by atoms with Crippen molar-refractivity contribution in [2.45, 2.75) is 18.2 Å². The van der Waals surface area contributed by atoms with Gasteiger partial charge in [0.2, 0.25) is 0 Å². The molecule has 4 nitrogen and oxygen atoms in total. The van der Waals surface area contributed by atoms with Crippen LogP contribution in [0.5, 0.6) is 0 Å². The molecule has 0 spiro atoms. The van der Waals surface area contributed by atoms with E-state index in [0.717, 1.165) is 16.5 Å². The predicted molar refractivity (Wildman–Crippen MR) is 91.2 cm³/mol. The summed E-state index contributed by atoms with van der Waals surface area (Å²) in [6.07, 6.45) is 0.693. The molecule has 0 amide bonds. The number of pyridine rings is 1. The predicted octanol–water partition coefficient (Wildman–Crippen LogP) is 3.29. The maximum atomic E-state index is 12.9. The number of aromatic nitrogens is 1. The average molecular weight is 324 g/mol. The molecular formula is C18H16N2O2S. The summed E-state index contributed by atoms with van der Waals surface area (Å²) >= 11 is 0. The van der Waals surface area contributed by atoms with Crippen LogP contribution in [0.25, 0.3) is 10.9 Å². The Bertz CT molecular complexity index is 998. The quantitative estimate of drug-likeness (QED) is 0.727. The first-order valence-electron chi connectivity index (χ1n) is 7.54. The van der Waals surface area contributed by atoms with Crippen LogP contribution in [0.1, 0.15) is 11.1 Å². The minimum absolute atomic E-state index is 0.304. The van der Waals surface area contributed by atoms with Crippen LogP contribution in [0.2, 0.25) is 0 Å². The molecule has 116 valence electrons. The molecule has 0 fully saturated rings. The summed E-state index contributed by atoms with van der Waals surface area (Å²) in [5, 5.41) is 1.06. The van der Waals surface area contributed by atoms with Crippen molar-refractivity contribution in [1.82, 2.24) is 4.98 Å². The van der Waals surface area contributed by atoms with Gasteiger partial charge in [0.15, 0.2) is 0 Å². The van der Waals surface area contributed by atoms with Gasteiger partial charge in [-0.15, -0.1) is 0 Å². The lowest BCUT2D eigenvalue weighted by molar-refractivity contribution is 0.592. The number of aryl methyl sites for hydroxylation is 1. The van der Waals surface area contributed by atoms with Crippen molar-refractivity contribution >= 4 is 26.7 Å². The Labute approximate surface area is 135 Å². The van der Waals surface area contributed by atoms with E-state index in [9.17, 15) is 8.42 Å². The number of benzene rings is 2. The third-order valence-electron chi connectivity index (χ3n) is 4.18. The lowest BCUT2D eigenvalue weighted by Gasteiger charge is -2.18. The van der Waals surface area contributed by atoms with E-state index >= 15 is 0 Å². The number of hydrogen-bond donors (Lipinski definition) is 0. The molecule has 1 aliphatic heterocycles. The number of fused-ring (bicyclic) bond motifs is 2. The molecule has 0 N–H and O–H groups in total. The Morgan fingerprint density at radius 1 is 1.04 bits per heavy atom. The minimum Gasteiger partial charge on any atom is -0.249 e. The monoisotopic (exact) mass is 324 g/mol. The number of anilines is 1. The van der Waals surface area contributed by atoms with Crippen molar-refractivity contribution in [3.63, 3.8) is 0 Å². The van der Waals surface area contributed by atoms with Crippen LogP contribution in [-0.4, -0.2) is 19.9 Å². The second-order valence-electron chi connectivity index (χ2n) is 5.81. The molecule has 0 saturated carbocycles. The molecule has 2 heterocycles. The van der Waals surface area contributed by atoms with Crippen LogP contribution in [0.15, 0.2) is 59.5 Å². The highest BCUT2D eigenvalue weighted by Gasteiger charge is 2.32. The summed E-state index contributed by atoms with van der Waals surface area (Å²) < 4.78 is 27.2. The number of nitrogens with zero attached hydrogens (tertiary/aromatic N) is 2. The summed E-state index contributed by atoms with van der Waals surface area (Å²) in [5.41, 5.74) is 2.98. The zero-order valence-corrected chi connectivity index (χ0v) is 13.5. The molecule has 0 aliphatic carbocycles. The first-order chi connectivity index (χ1) is 11.1. The lowest BCUT2D eigenvalue weighted by Crippen LogP contribution is -2.29. The van der Waals surface area contributed by atoms with E-state index < -0.39 is 10.0 Å². The summed E-state index contributed by atoms with van der Waals surface area (Å²) in [4.78, 5) is 4.92. The largest absolute Gasteiger partial charge is 0.265 e. The van der Waals surface area contributed by atoms with Crippen LogP contribution in [-0.2, 0) is 16.4 Å². The highest BCUT2D eigenvalue weighted by atomic mass is 32.2. The van der Waals surface area contributed by atoms with E-state index in [1.165, 1.54) is 9.87 Å². The third-order valence-corrected chi connectivity index (χ3v) is 5.98. The zero-order valence-electron chi connectivity index (χ0n) is 12.7. The molecule has 0 atom stereocenters. The molecule has 4 rings (SSSR count). The van der Waals surface area contributed by atoms with Crippen molar-refractivity contribution < 1.29 is 8.42 Å². The van der Waals surface area contributed by atoms with Crippen LogP contribution >= 0.6 is 0 Å². The second-order valence-corrected chi connectivity index (χ2v) is 7.67. The topological polar surface area (TPSA) is 50.3 Å². The Hall–Kier alpha value is -2.40. The van der Waals surface area contributed by atoms with Crippen LogP contribution in [0.4, 0.5) is 5.82 Å². The maximum absolute atomic E-state index is 12.9. The SMILES string of the molecule is Cc1ccc2nc3c(cc2c1)CCN3S(=O)(=O)c1ccccc1. The molecule has 0 bridgehead atoms. The Morgan fingerprint density at radius 2 is 1.83 bits per heavy atom. The first-order valence-corrected chi connectivity index (χ1v) is 8.98. The summed E-state index contributed by atoms with van der Waals surface area (Å²) in [6.45, 7) is 2.48. The van der Waals surface area contributed by atoms with E-state index in [0.29, 0.717) is 23.7 Å². The van der Waals surface area contributed by atoms with Crippen LogP contribution in [0, 0.1) is 6.92 Å². The fraction of sp³-hybridized carbons (Fsp3) is 0.167. The normalized spacial score (nSPS) is 14.2. The molecule has 1 aliphatic rings. The fourth-order valence-electron chi connectivity index (χ4n) is 3.01. The first kappa shape index (κ1) is 14.2.